The molecule has 0 saturated carbocycles. The highest BCUT2D eigenvalue weighted by Crippen LogP contribution is 2.16. The van der Waals surface area contributed by atoms with Crippen LogP contribution in [-0.4, -0.2) is 66.1 Å². The van der Waals surface area contributed by atoms with E-state index in [4.69, 9.17) is 5.11 Å². The lowest BCUT2D eigenvalue weighted by molar-refractivity contribution is -0.138. The fourth-order valence-corrected chi connectivity index (χ4v) is 2.75. The monoisotopic (exact) mass is 305 g/mol. The van der Waals surface area contributed by atoms with E-state index in [0.29, 0.717) is 6.04 Å². The molecule has 1 amide bonds. The third-order valence-electron chi connectivity index (χ3n) is 3.95. The van der Waals surface area contributed by atoms with E-state index in [-0.39, 0.29) is 19.0 Å². The Bertz CT molecular complexity index is 507. The quantitative estimate of drug-likeness (QED) is 0.762. The number of carbonyl (C=O) groups is 2. The molecule has 1 heterocycles. The third kappa shape index (κ3) is 5.13. The Morgan fingerprint density at radius 1 is 1.36 bits per heavy atom. The van der Waals surface area contributed by atoms with Crippen molar-refractivity contribution in [3.05, 3.63) is 35.9 Å². The van der Waals surface area contributed by atoms with E-state index in [1.165, 1.54) is 5.56 Å². The van der Waals surface area contributed by atoms with E-state index in [1.54, 1.807) is 0 Å². The normalized spacial score (nSPS) is 18.5. The molecule has 22 heavy (non-hydrogen) atoms. The topological polar surface area (TPSA) is 72.9 Å². The second-order valence-corrected chi connectivity index (χ2v) is 5.75. The summed E-state index contributed by atoms with van der Waals surface area (Å²) < 4.78 is 0. The molecule has 1 unspecified atom stereocenters. The van der Waals surface area contributed by atoms with Crippen molar-refractivity contribution in [3.8, 4) is 0 Å². The molecule has 1 atom stereocenters. The van der Waals surface area contributed by atoms with E-state index in [2.05, 4.69) is 34.3 Å². The molecule has 1 fully saturated rings. The van der Waals surface area contributed by atoms with Crippen LogP contribution in [0, 0.1) is 0 Å². The smallest absolute Gasteiger partial charge is 0.322 e. The Hall–Kier alpha value is -1.92. The number of likely N-dealkylation sites (N-methyl/N-ethyl adjacent to an activating group) is 1. The highest BCUT2D eigenvalue weighted by Gasteiger charge is 2.26. The molecular formula is C16H23N3O3. The fourth-order valence-electron chi connectivity index (χ4n) is 2.75. The summed E-state index contributed by atoms with van der Waals surface area (Å²) in [6.07, 6.45) is 1.02. The Morgan fingerprint density at radius 3 is 2.77 bits per heavy atom. The molecular weight excluding hydrogens is 282 g/mol. The van der Waals surface area contributed by atoms with Gasteiger partial charge in [0.05, 0.1) is 6.54 Å². The maximum absolute atomic E-state index is 11.6. The maximum Gasteiger partial charge on any atom is 0.322 e. The van der Waals surface area contributed by atoms with Gasteiger partial charge in [0.25, 0.3) is 0 Å². The first-order chi connectivity index (χ1) is 10.5. The second-order valence-electron chi connectivity index (χ2n) is 5.75. The van der Waals surface area contributed by atoms with Crippen LogP contribution in [0.1, 0.15) is 12.0 Å². The summed E-state index contributed by atoms with van der Waals surface area (Å²) in [6, 6.07) is 10.7. The molecule has 1 aromatic carbocycles. The van der Waals surface area contributed by atoms with Crippen molar-refractivity contribution in [3.63, 3.8) is 0 Å². The number of carbonyl (C=O) groups excluding carboxylic acids is 1. The van der Waals surface area contributed by atoms with Crippen LogP contribution in [0.4, 0.5) is 0 Å². The largest absolute Gasteiger partial charge is 0.480 e. The van der Waals surface area contributed by atoms with Gasteiger partial charge in [-0.25, -0.2) is 0 Å². The van der Waals surface area contributed by atoms with E-state index < -0.39 is 5.97 Å². The van der Waals surface area contributed by atoms with Crippen LogP contribution in [-0.2, 0) is 16.1 Å². The summed E-state index contributed by atoms with van der Waals surface area (Å²) in [5, 5.41) is 10.9. The van der Waals surface area contributed by atoms with Gasteiger partial charge in [-0.05, 0) is 19.0 Å². The molecule has 0 aromatic heterocycles. The van der Waals surface area contributed by atoms with Crippen LogP contribution in [0.15, 0.2) is 30.3 Å². The summed E-state index contributed by atoms with van der Waals surface area (Å²) in [4.78, 5) is 26.4. The van der Waals surface area contributed by atoms with Crippen molar-refractivity contribution in [1.29, 1.82) is 0 Å². The summed E-state index contributed by atoms with van der Waals surface area (Å²) in [5.74, 6) is -1.25. The summed E-state index contributed by atoms with van der Waals surface area (Å²) in [7, 11) is 2.10. The second kappa shape index (κ2) is 7.91. The average molecular weight is 305 g/mol. The van der Waals surface area contributed by atoms with Gasteiger partial charge < -0.3 is 10.4 Å². The molecule has 1 saturated heterocycles. The van der Waals surface area contributed by atoms with Crippen molar-refractivity contribution in [2.75, 3.05) is 33.2 Å². The molecule has 0 spiro atoms. The summed E-state index contributed by atoms with van der Waals surface area (Å²) in [6.45, 7) is 2.55. The number of rotatable bonds is 7. The predicted octanol–water partition coefficient (Wildman–Crippen LogP) is 0.394. The van der Waals surface area contributed by atoms with Crippen LogP contribution in [0.25, 0.3) is 0 Å². The van der Waals surface area contributed by atoms with Gasteiger partial charge in [-0.2, -0.15) is 0 Å². The number of nitrogens with one attached hydrogen (secondary N) is 1. The lowest BCUT2D eigenvalue weighted by Gasteiger charge is -2.24. The molecule has 6 nitrogen and oxygen atoms in total. The first-order valence-corrected chi connectivity index (χ1v) is 7.49. The zero-order valence-corrected chi connectivity index (χ0v) is 12.9. The number of hydrogen-bond acceptors (Lipinski definition) is 4. The van der Waals surface area contributed by atoms with Crippen LogP contribution in [0.3, 0.4) is 0 Å². The number of carboxylic acids is 1. The lowest BCUT2D eigenvalue weighted by Crippen LogP contribution is -2.40. The van der Waals surface area contributed by atoms with Gasteiger partial charge in [0.2, 0.25) is 5.91 Å². The third-order valence-corrected chi connectivity index (χ3v) is 3.95. The van der Waals surface area contributed by atoms with Gasteiger partial charge in [0.1, 0.15) is 6.54 Å². The number of nitrogens with zero attached hydrogens (tertiary/aromatic N) is 2. The van der Waals surface area contributed by atoms with Gasteiger partial charge >= 0.3 is 5.97 Å². The molecule has 1 aliphatic heterocycles. The number of carboxylic acid groups (broad SMARTS) is 1. The molecule has 2 N–H and O–H groups in total. The first-order valence-electron chi connectivity index (χ1n) is 7.49. The summed E-state index contributed by atoms with van der Waals surface area (Å²) in [5.41, 5.74) is 1.28. The number of hydrogen-bond donors (Lipinski definition) is 2. The molecule has 1 aliphatic rings. The van der Waals surface area contributed by atoms with Gasteiger partial charge in [0.15, 0.2) is 0 Å². The number of aliphatic carboxylic acids is 1. The van der Waals surface area contributed by atoms with Crippen molar-refractivity contribution < 1.29 is 14.7 Å². The minimum atomic E-state index is -1.02. The zero-order valence-electron chi connectivity index (χ0n) is 12.9. The Morgan fingerprint density at radius 2 is 2.09 bits per heavy atom. The number of likely N-dealkylation sites (tertiary alicyclic amines) is 1. The van der Waals surface area contributed by atoms with E-state index in [0.717, 1.165) is 26.1 Å². The first kappa shape index (κ1) is 16.5. The predicted molar refractivity (Wildman–Crippen MR) is 83.4 cm³/mol. The van der Waals surface area contributed by atoms with Gasteiger partial charge in [-0.3, -0.25) is 19.4 Å². The molecule has 0 aliphatic carbocycles. The van der Waals surface area contributed by atoms with Crippen LogP contribution in [0.5, 0.6) is 0 Å². The molecule has 0 radical (unpaired) electrons. The van der Waals surface area contributed by atoms with Crippen LogP contribution < -0.4 is 5.32 Å². The van der Waals surface area contributed by atoms with Crippen molar-refractivity contribution in [2.45, 2.75) is 19.0 Å². The Balaban J connectivity index is 1.75. The van der Waals surface area contributed by atoms with E-state index >= 15 is 0 Å². The van der Waals surface area contributed by atoms with Gasteiger partial charge in [-0.15, -0.1) is 0 Å². The average Bonchev–Trinajstić information content (AvgIpc) is 2.95. The molecule has 120 valence electrons. The minimum absolute atomic E-state index is 0.228. The van der Waals surface area contributed by atoms with Crippen LogP contribution >= 0.6 is 0 Å². The standard InChI is InChI=1S/C16H23N3O3/c1-18(10-13-5-3-2-4-6-13)14-7-8-19(11-14)12-15(20)17-9-16(21)22/h2-6,14H,7-12H2,1H3,(H,17,20)(H,21,22). The van der Waals surface area contributed by atoms with Gasteiger partial charge in [0, 0.05) is 25.7 Å². The molecule has 0 bridgehead atoms. The zero-order chi connectivity index (χ0) is 15.9. The number of amides is 1. The molecule has 6 heteroatoms. The highest BCUT2D eigenvalue weighted by atomic mass is 16.4. The Kier molecular flexibility index (Phi) is 5.91. The maximum atomic E-state index is 11.6. The van der Waals surface area contributed by atoms with Crippen molar-refractivity contribution >= 4 is 11.9 Å². The Labute approximate surface area is 130 Å². The SMILES string of the molecule is CN(Cc1ccccc1)C1CCN(CC(=O)NCC(=O)O)C1. The minimum Gasteiger partial charge on any atom is -0.480 e. The van der Waals surface area contributed by atoms with E-state index in [1.807, 2.05) is 18.2 Å². The number of benzene rings is 1. The lowest BCUT2D eigenvalue weighted by atomic mass is 10.1. The summed E-state index contributed by atoms with van der Waals surface area (Å²) >= 11 is 0. The van der Waals surface area contributed by atoms with E-state index in [9.17, 15) is 9.59 Å². The molecule has 2 rings (SSSR count). The van der Waals surface area contributed by atoms with Crippen LogP contribution in [0.2, 0.25) is 0 Å². The molecule has 1 aromatic rings. The fraction of sp³-hybridized carbons (Fsp3) is 0.500. The van der Waals surface area contributed by atoms with Gasteiger partial charge in [-0.1, -0.05) is 30.3 Å². The van der Waals surface area contributed by atoms with Crippen molar-refractivity contribution in [1.82, 2.24) is 15.1 Å². The highest BCUT2D eigenvalue weighted by molar-refractivity contribution is 5.82. The van der Waals surface area contributed by atoms with Crippen molar-refractivity contribution in [2.24, 2.45) is 0 Å².